The van der Waals surface area contributed by atoms with Crippen LogP contribution in [0.3, 0.4) is 0 Å². The van der Waals surface area contributed by atoms with E-state index < -0.39 is 0 Å². The smallest absolute Gasteiger partial charge is 0.144 e. The van der Waals surface area contributed by atoms with Crippen LogP contribution >= 0.6 is 11.6 Å². The summed E-state index contributed by atoms with van der Waals surface area (Å²) in [6, 6.07) is 0. The quantitative estimate of drug-likeness (QED) is 0.349. The van der Waals surface area contributed by atoms with E-state index in [9.17, 15) is 0 Å². The highest BCUT2D eigenvalue weighted by molar-refractivity contribution is 6.17. The molecule has 0 unspecified atom stereocenters. The van der Waals surface area contributed by atoms with Crippen LogP contribution < -0.4 is 0 Å². The average Bonchev–Trinajstić information content (AvgIpc) is 1.41. The molecule has 0 saturated heterocycles. The Bertz CT molecular complexity index is 14.4. The van der Waals surface area contributed by atoms with Crippen LogP contribution in [0.25, 0.3) is 0 Å². The molecule has 0 fully saturated rings. The van der Waals surface area contributed by atoms with E-state index in [2.05, 4.69) is 0 Å². The molecule has 0 aromatic rings. The van der Waals surface area contributed by atoms with Crippen molar-refractivity contribution in [2.75, 3.05) is 12.5 Å². The van der Waals surface area contributed by atoms with E-state index in [1.165, 1.54) is 0 Å². The molecule has 0 amide bonds. The molecule has 0 aromatic carbocycles. The lowest BCUT2D eigenvalue weighted by atomic mass is 10.5. The van der Waals surface area contributed by atoms with Crippen LogP contribution in [0.4, 0.5) is 0 Å². The van der Waals surface area contributed by atoms with Crippen LogP contribution in [0.5, 0.6) is 0 Å². The lowest BCUT2D eigenvalue weighted by Crippen LogP contribution is -1.79. The highest BCUT2D eigenvalue weighted by atomic mass is 35.5. The minimum atomic E-state index is 0.462. The normalized spacial score (nSPS) is 8.40. The van der Waals surface area contributed by atoms with Crippen LogP contribution in [0, 0.1) is 0 Å². The standard InChI is InChI=1S/C3H7ClO/c4-2-1-3-5/h5H,1-3H2/p+1. The molecule has 0 aromatic heterocycles. The third kappa shape index (κ3) is 4.25. The number of hydrogen-bond acceptors (Lipinski definition) is 0. The van der Waals surface area contributed by atoms with Crippen LogP contribution in [-0.2, 0) is 0 Å². The van der Waals surface area contributed by atoms with Crippen LogP contribution in [0.15, 0.2) is 0 Å². The van der Waals surface area contributed by atoms with Crippen molar-refractivity contribution in [3.05, 3.63) is 0 Å². The third-order valence-electron chi connectivity index (χ3n) is 0.310. The minimum absolute atomic E-state index is 0.462. The van der Waals surface area contributed by atoms with Gasteiger partial charge in [0.2, 0.25) is 0 Å². The van der Waals surface area contributed by atoms with Crippen molar-refractivity contribution in [1.29, 1.82) is 0 Å². The molecular formula is C3H8ClO+. The van der Waals surface area contributed by atoms with E-state index in [4.69, 9.17) is 16.7 Å². The monoisotopic (exact) mass is 95.0 g/mol. The van der Waals surface area contributed by atoms with Gasteiger partial charge < -0.3 is 5.11 Å². The highest BCUT2D eigenvalue weighted by Gasteiger charge is 1.75. The summed E-state index contributed by atoms with van der Waals surface area (Å²) in [4.78, 5) is 0. The molecule has 0 rings (SSSR count). The zero-order valence-corrected chi connectivity index (χ0v) is 3.76. The van der Waals surface area contributed by atoms with Crippen molar-refractivity contribution in [1.82, 2.24) is 0 Å². The molecule has 0 bridgehead atoms. The lowest BCUT2D eigenvalue weighted by molar-refractivity contribution is 0.296. The molecule has 1 nitrogen and oxygen atoms in total. The summed E-state index contributed by atoms with van der Waals surface area (Å²) >= 11 is 5.18. The van der Waals surface area contributed by atoms with Gasteiger partial charge in [-0.1, -0.05) is 0 Å². The van der Waals surface area contributed by atoms with E-state index >= 15 is 0 Å². The van der Waals surface area contributed by atoms with Gasteiger partial charge in [-0.05, 0) is 0 Å². The Morgan fingerprint density at radius 1 is 1.60 bits per heavy atom. The summed E-state index contributed by atoms with van der Waals surface area (Å²) in [5.41, 5.74) is 0. The fourth-order valence-electron chi connectivity index (χ4n) is 0.0668. The maximum atomic E-state index is 6.52. The van der Waals surface area contributed by atoms with E-state index in [0.717, 1.165) is 6.42 Å². The third-order valence-corrected chi connectivity index (χ3v) is 0.578. The summed E-state index contributed by atoms with van der Waals surface area (Å²) in [6.45, 7) is 0.462. The molecule has 0 aliphatic carbocycles. The number of halogens is 1. The molecule has 0 saturated carbocycles. The molecule has 32 valence electrons. The average molecular weight is 95.5 g/mol. The molecule has 2 N–H and O–H groups in total. The first-order valence-electron chi connectivity index (χ1n) is 1.62. The van der Waals surface area contributed by atoms with Gasteiger partial charge in [0.15, 0.2) is 0 Å². The second-order valence-corrected chi connectivity index (χ2v) is 1.17. The number of alkyl halides is 1. The van der Waals surface area contributed by atoms with Gasteiger partial charge in [0.1, 0.15) is 6.61 Å². The first-order valence-corrected chi connectivity index (χ1v) is 2.16. The van der Waals surface area contributed by atoms with Crippen molar-refractivity contribution in [2.45, 2.75) is 6.42 Å². The Morgan fingerprint density at radius 3 is 2.20 bits per heavy atom. The summed E-state index contributed by atoms with van der Waals surface area (Å²) in [6.07, 6.45) is 0.821. The maximum Gasteiger partial charge on any atom is 0.144 e. The Labute approximate surface area is 36.6 Å². The van der Waals surface area contributed by atoms with Gasteiger partial charge in [0.05, 0.1) is 0 Å². The molecule has 5 heavy (non-hydrogen) atoms. The SMILES string of the molecule is [OH2+]CCCCl. The largest absolute Gasteiger partial charge is 0.445 e. The Hall–Kier alpha value is 0.250. The second-order valence-electron chi connectivity index (χ2n) is 0.793. The minimum Gasteiger partial charge on any atom is -0.445 e. The van der Waals surface area contributed by atoms with Gasteiger partial charge in [0, 0.05) is 12.3 Å². The first-order chi connectivity index (χ1) is 2.41. The van der Waals surface area contributed by atoms with Crippen molar-refractivity contribution < 1.29 is 5.11 Å². The van der Waals surface area contributed by atoms with Gasteiger partial charge >= 0.3 is 0 Å². The summed E-state index contributed by atoms with van der Waals surface area (Å²) in [5, 5.41) is 6.52. The predicted molar refractivity (Wildman–Crippen MR) is 23.8 cm³/mol. The highest BCUT2D eigenvalue weighted by Crippen LogP contribution is 1.77. The number of rotatable bonds is 2. The topological polar surface area (TPSA) is 22.9 Å². The van der Waals surface area contributed by atoms with E-state index in [-0.39, 0.29) is 0 Å². The zero-order valence-electron chi connectivity index (χ0n) is 3.00. The molecule has 0 atom stereocenters. The Morgan fingerprint density at radius 2 is 2.20 bits per heavy atom. The first kappa shape index (κ1) is 5.25. The molecule has 0 aliphatic heterocycles. The number of hydrogen-bond donors (Lipinski definition) is 0. The molecule has 0 heterocycles. The maximum absolute atomic E-state index is 6.52. The zero-order chi connectivity index (χ0) is 4.12. The molecule has 0 spiro atoms. The van der Waals surface area contributed by atoms with Gasteiger partial charge in [-0.2, -0.15) is 0 Å². The summed E-state index contributed by atoms with van der Waals surface area (Å²) < 4.78 is 0. The van der Waals surface area contributed by atoms with Crippen molar-refractivity contribution in [3.8, 4) is 0 Å². The van der Waals surface area contributed by atoms with E-state index in [0.29, 0.717) is 12.5 Å². The van der Waals surface area contributed by atoms with Crippen LogP contribution in [0.1, 0.15) is 6.42 Å². The van der Waals surface area contributed by atoms with Gasteiger partial charge in [0.25, 0.3) is 0 Å². The fraction of sp³-hybridized carbons (Fsp3) is 1.00. The van der Waals surface area contributed by atoms with Crippen molar-refractivity contribution in [2.24, 2.45) is 0 Å². The molecule has 2 heteroatoms. The molecular weight excluding hydrogens is 87.5 g/mol. The predicted octanol–water partition coefficient (Wildman–Crippen LogP) is 0.340. The second kappa shape index (κ2) is 4.25. The van der Waals surface area contributed by atoms with E-state index in [1.54, 1.807) is 0 Å². The Kier molecular flexibility index (Phi) is 4.46. The van der Waals surface area contributed by atoms with Gasteiger partial charge in [-0.15, -0.1) is 11.6 Å². The Balaban J connectivity index is 2.19. The lowest BCUT2D eigenvalue weighted by Gasteiger charge is -1.74. The van der Waals surface area contributed by atoms with Crippen molar-refractivity contribution in [3.63, 3.8) is 0 Å². The summed E-state index contributed by atoms with van der Waals surface area (Å²) in [7, 11) is 0. The fourth-order valence-corrected chi connectivity index (χ4v) is 0.200. The summed E-state index contributed by atoms with van der Waals surface area (Å²) in [5.74, 6) is 0.628. The van der Waals surface area contributed by atoms with Crippen molar-refractivity contribution >= 4 is 11.6 Å². The van der Waals surface area contributed by atoms with Gasteiger partial charge in [-0.3, -0.25) is 0 Å². The van der Waals surface area contributed by atoms with Crippen LogP contribution in [-0.4, -0.2) is 17.6 Å². The van der Waals surface area contributed by atoms with E-state index in [1.807, 2.05) is 0 Å². The van der Waals surface area contributed by atoms with Crippen LogP contribution in [0.2, 0.25) is 0 Å². The molecule has 0 aliphatic rings. The van der Waals surface area contributed by atoms with Gasteiger partial charge in [-0.25, -0.2) is 0 Å². The molecule has 0 radical (unpaired) electrons.